The summed E-state index contributed by atoms with van der Waals surface area (Å²) in [5, 5.41) is 6.55. The van der Waals surface area contributed by atoms with Crippen molar-refractivity contribution in [1.82, 2.24) is 10.6 Å². The van der Waals surface area contributed by atoms with Crippen molar-refractivity contribution in [3.05, 3.63) is 0 Å². The third-order valence-electron chi connectivity index (χ3n) is 3.31. The Morgan fingerprint density at radius 3 is 2.86 bits per heavy atom. The van der Waals surface area contributed by atoms with Gasteiger partial charge in [0, 0.05) is 18.0 Å². The molecule has 1 heterocycles. The second kappa shape index (κ2) is 3.89. The van der Waals surface area contributed by atoms with Crippen molar-refractivity contribution < 1.29 is 4.79 Å². The first kappa shape index (κ1) is 9.97. The molecular weight excluding hydrogens is 176 g/mol. The van der Waals surface area contributed by atoms with Crippen molar-refractivity contribution in [1.29, 1.82) is 0 Å². The zero-order valence-electron chi connectivity index (χ0n) is 8.94. The Hall–Kier alpha value is -0.570. The molecule has 1 saturated heterocycles. The molecule has 1 unspecified atom stereocenters. The molecule has 14 heavy (non-hydrogen) atoms. The molecule has 1 atom stereocenters. The average Bonchev–Trinajstić information content (AvgIpc) is 2.99. The Bertz CT molecular complexity index is 217. The highest BCUT2D eigenvalue weighted by atomic mass is 16.2. The molecular formula is C11H20N2O. The molecule has 0 aromatic rings. The van der Waals surface area contributed by atoms with Gasteiger partial charge in [0.1, 0.15) is 0 Å². The summed E-state index contributed by atoms with van der Waals surface area (Å²) < 4.78 is 0. The lowest BCUT2D eigenvalue weighted by Crippen LogP contribution is -2.53. The minimum Gasteiger partial charge on any atom is -0.354 e. The zero-order valence-corrected chi connectivity index (χ0v) is 8.94. The van der Waals surface area contributed by atoms with Gasteiger partial charge >= 0.3 is 0 Å². The van der Waals surface area contributed by atoms with Gasteiger partial charge in [-0.15, -0.1) is 0 Å². The van der Waals surface area contributed by atoms with E-state index in [-0.39, 0.29) is 11.4 Å². The number of hydrogen-bond acceptors (Lipinski definition) is 2. The predicted octanol–water partition coefficient (Wildman–Crippen LogP) is 1.04. The Morgan fingerprint density at radius 1 is 1.50 bits per heavy atom. The van der Waals surface area contributed by atoms with E-state index in [1.807, 2.05) is 0 Å². The lowest BCUT2D eigenvalue weighted by molar-refractivity contribution is -0.122. The van der Waals surface area contributed by atoms with Crippen LogP contribution in [0.2, 0.25) is 0 Å². The second-order valence-corrected chi connectivity index (χ2v) is 4.94. The monoisotopic (exact) mass is 196 g/mol. The lowest BCUT2D eigenvalue weighted by Gasteiger charge is -2.35. The van der Waals surface area contributed by atoms with Crippen molar-refractivity contribution in [3.63, 3.8) is 0 Å². The average molecular weight is 196 g/mol. The van der Waals surface area contributed by atoms with Gasteiger partial charge in [0.25, 0.3) is 0 Å². The molecule has 0 spiro atoms. The summed E-state index contributed by atoms with van der Waals surface area (Å²) >= 11 is 0. The van der Waals surface area contributed by atoms with Crippen LogP contribution in [0.25, 0.3) is 0 Å². The quantitative estimate of drug-likeness (QED) is 0.708. The number of hydrogen-bond donors (Lipinski definition) is 2. The number of piperidine rings is 1. The third-order valence-corrected chi connectivity index (χ3v) is 3.31. The molecule has 3 nitrogen and oxygen atoms in total. The fourth-order valence-electron chi connectivity index (χ4n) is 2.04. The summed E-state index contributed by atoms with van der Waals surface area (Å²) in [6.07, 6.45) is 5.92. The van der Waals surface area contributed by atoms with Crippen LogP contribution in [-0.4, -0.2) is 24.5 Å². The Labute approximate surface area is 85.6 Å². The second-order valence-electron chi connectivity index (χ2n) is 4.94. The van der Waals surface area contributed by atoms with Crippen molar-refractivity contribution in [2.45, 2.75) is 44.6 Å². The van der Waals surface area contributed by atoms with Crippen LogP contribution in [0, 0.1) is 5.92 Å². The summed E-state index contributed by atoms with van der Waals surface area (Å²) in [6.45, 7) is 4.09. The van der Waals surface area contributed by atoms with Crippen LogP contribution in [0.1, 0.15) is 39.0 Å². The van der Waals surface area contributed by atoms with Crippen LogP contribution in [0.5, 0.6) is 0 Å². The van der Waals surface area contributed by atoms with Crippen LogP contribution in [0.15, 0.2) is 0 Å². The van der Waals surface area contributed by atoms with E-state index in [1.165, 1.54) is 19.3 Å². The van der Waals surface area contributed by atoms with E-state index in [4.69, 9.17) is 0 Å². The van der Waals surface area contributed by atoms with Gasteiger partial charge in [0.05, 0.1) is 0 Å². The van der Waals surface area contributed by atoms with Crippen molar-refractivity contribution in [2.75, 3.05) is 13.1 Å². The maximum atomic E-state index is 11.5. The highest BCUT2D eigenvalue weighted by Crippen LogP contribution is 2.29. The van der Waals surface area contributed by atoms with E-state index in [0.717, 1.165) is 25.9 Å². The molecule has 1 saturated carbocycles. The normalized spacial score (nSPS) is 32.6. The van der Waals surface area contributed by atoms with Crippen molar-refractivity contribution in [2.24, 2.45) is 5.92 Å². The van der Waals surface area contributed by atoms with Gasteiger partial charge in [-0.05, 0) is 39.2 Å². The van der Waals surface area contributed by atoms with Crippen molar-refractivity contribution in [3.8, 4) is 0 Å². The van der Waals surface area contributed by atoms with Crippen LogP contribution in [0.3, 0.4) is 0 Å². The van der Waals surface area contributed by atoms with Gasteiger partial charge in [-0.25, -0.2) is 0 Å². The maximum Gasteiger partial charge on any atom is 0.223 e. The third kappa shape index (κ3) is 2.47. The Balaban J connectivity index is 1.74. The van der Waals surface area contributed by atoms with E-state index in [9.17, 15) is 4.79 Å². The number of amides is 1. The maximum absolute atomic E-state index is 11.5. The molecule has 2 N–H and O–H groups in total. The van der Waals surface area contributed by atoms with Gasteiger partial charge in [-0.1, -0.05) is 6.42 Å². The van der Waals surface area contributed by atoms with Crippen LogP contribution in [0.4, 0.5) is 0 Å². The van der Waals surface area contributed by atoms with E-state index in [1.54, 1.807) is 0 Å². The van der Waals surface area contributed by atoms with E-state index >= 15 is 0 Å². The minimum atomic E-state index is 0.142. The predicted molar refractivity (Wildman–Crippen MR) is 56.0 cm³/mol. The van der Waals surface area contributed by atoms with Crippen LogP contribution >= 0.6 is 0 Å². The standard InChI is InChI=1S/C11H20N2O/c1-11(6-2-3-7-13-11)8-12-10(14)9-4-5-9/h9,13H,2-8H2,1H3,(H,12,14). The number of rotatable bonds is 3. The Kier molecular flexibility index (Phi) is 2.77. The molecule has 0 aromatic carbocycles. The molecule has 2 aliphatic rings. The van der Waals surface area contributed by atoms with E-state index in [0.29, 0.717) is 5.92 Å². The molecule has 1 amide bonds. The molecule has 80 valence electrons. The topological polar surface area (TPSA) is 41.1 Å². The molecule has 0 aromatic heterocycles. The Morgan fingerprint density at radius 2 is 2.29 bits per heavy atom. The van der Waals surface area contributed by atoms with Gasteiger partial charge in [-0.3, -0.25) is 4.79 Å². The molecule has 0 radical (unpaired) electrons. The first-order valence-electron chi connectivity index (χ1n) is 5.72. The molecule has 1 aliphatic carbocycles. The molecule has 1 aliphatic heterocycles. The largest absolute Gasteiger partial charge is 0.354 e. The molecule has 0 bridgehead atoms. The molecule has 2 fully saturated rings. The smallest absolute Gasteiger partial charge is 0.223 e. The SMILES string of the molecule is CC1(CNC(=O)C2CC2)CCCCN1. The number of carbonyl (C=O) groups is 1. The number of nitrogens with one attached hydrogen (secondary N) is 2. The zero-order chi connectivity index (χ0) is 10.0. The summed E-state index contributed by atoms with van der Waals surface area (Å²) in [5.41, 5.74) is 0.142. The fourth-order valence-corrected chi connectivity index (χ4v) is 2.04. The molecule has 3 heteroatoms. The van der Waals surface area contributed by atoms with Gasteiger partial charge in [0.2, 0.25) is 5.91 Å². The molecule has 2 rings (SSSR count). The van der Waals surface area contributed by atoms with Gasteiger partial charge in [0.15, 0.2) is 0 Å². The van der Waals surface area contributed by atoms with E-state index in [2.05, 4.69) is 17.6 Å². The van der Waals surface area contributed by atoms with Gasteiger partial charge < -0.3 is 10.6 Å². The fraction of sp³-hybridized carbons (Fsp3) is 0.909. The lowest BCUT2D eigenvalue weighted by atomic mass is 9.91. The highest BCUT2D eigenvalue weighted by Gasteiger charge is 2.32. The van der Waals surface area contributed by atoms with Gasteiger partial charge in [-0.2, -0.15) is 0 Å². The minimum absolute atomic E-state index is 0.142. The first-order valence-corrected chi connectivity index (χ1v) is 5.72. The van der Waals surface area contributed by atoms with Crippen LogP contribution < -0.4 is 10.6 Å². The summed E-state index contributed by atoms with van der Waals surface area (Å²) in [4.78, 5) is 11.5. The highest BCUT2D eigenvalue weighted by molar-refractivity contribution is 5.80. The first-order chi connectivity index (χ1) is 6.70. The van der Waals surface area contributed by atoms with Crippen molar-refractivity contribution >= 4 is 5.91 Å². The summed E-state index contributed by atoms with van der Waals surface area (Å²) in [7, 11) is 0. The summed E-state index contributed by atoms with van der Waals surface area (Å²) in [5.74, 6) is 0.598. The summed E-state index contributed by atoms with van der Waals surface area (Å²) in [6, 6.07) is 0. The van der Waals surface area contributed by atoms with E-state index < -0.39 is 0 Å². The van der Waals surface area contributed by atoms with Crippen LogP contribution in [-0.2, 0) is 4.79 Å². The number of carbonyl (C=O) groups excluding carboxylic acids is 1.